The van der Waals surface area contributed by atoms with Crippen molar-refractivity contribution in [1.82, 2.24) is 20.0 Å². The number of carbonyl (C=O) groups is 1. The van der Waals surface area contributed by atoms with Gasteiger partial charge in [-0.3, -0.25) is 14.8 Å². The van der Waals surface area contributed by atoms with E-state index in [1.165, 1.54) is 5.56 Å². The summed E-state index contributed by atoms with van der Waals surface area (Å²) in [6.07, 6.45) is 0.852. The summed E-state index contributed by atoms with van der Waals surface area (Å²) >= 11 is 0. The Balaban J connectivity index is 1.57. The SMILES string of the molecule is CC(C)CNC(O)Nc1cc(C(=O)N2CCC(c3ccc(C#N)cc3)CC2)n(C)n1. The van der Waals surface area contributed by atoms with E-state index < -0.39 is 6.35 Å². The average molecular weight is 411 g/mol. The van der Waals surface area contributed by atoms with Crippen LogP contribution < -0.4 is 10.6 Å². The number of hydrogen-bond acceptors (Lipinski definition) is 6. The molecule has 1 aliphatic heterocycles. The monoisotopic (exact) mass is 410 g/mol. The van der Waals surface area contributed by atoms with Crippen molar-refractivity contribution in [3.8, 4) is 6.07 Å². The van der Waals surface area contributed by atoms with Gasteiger partial charge >= 0.3 is 0 Å². The number of aliphatic hydroxyl groups is 1. The zero-order valence-electron chi connectivity index (χ0n) is 17.8. The number of hydrogen-bond donors (Lipinski definition) is 3. The second kappa shape index (κ2) is 9.74. The summed E-state index contributed by atoms with van der Waals surface area (Å²) in [7, 11) is 1.73. The molecule has 2 heterocycles. The molecule has 0 spiro atoms. The van der Waals surface area contributed by atoms with Gasteiger partial charge in [0, 0.05) is 32.7 Å². The van der Waals surface area contributed by atoms with E-state index in [0.29, 0.717) is 48.5 Å². The molecule has 1 unspecified atom stereocenters. The summed E-state index contributed by atoms with van der Waals surface area (Å²) in [6, 6.07) is 11.5. The zero-order valence-corrected chi connectivity index (χ0v) is 17.8. The lowest BCUT2D eigenvalue weighted by Gasteiger charge is -2.32. The average Bonchev–Trinajstić information content (AvgIpc) is 3.11. The molecule has 1 aromatic heterocycles. The first-order chi connectivity index (χ1) is 14.4. The van der Waals surface area contributed by atoms with Crippen molar-refractivity contribution in [3.05, 3.63) is 47.2 Å². The van der Waals surface area contributed by atoms with Crippen molar-refractivity contribution in [1.29, 1.82) is 5.26 Å². The summed E-state index contributed by atoms with van der Waals surface area (Å²) in [5, 5.41) is 29.1. The van der Waals surface area contributed by atoms with Gasteiger partial charge in [-0.1, -0.05) is 26.0 Å². The molecule has 1 aromatic carbocycles. The molecule has 0 saturated carbocycles. The first-order valence-corrected chi connectivity index (χ1v) is 10.4. The highest BCUT2D eigenvalue weighted by atomic mass is 16.3. The highest BCUT2D eigenvalue weighted by Gasteiger charge is 2.26. The number of anilines is 1. The number of rotatable bonds is 7. The highest BCUT2D eigenvalue weighted by molar-refractivity contribution is 5.93. The molecule has 8 nitrogen and oxygen atoms in total. The lowest BCUT2D eigenvalue weighted by molar-refractivity contribution is 0.0702. The summed E-state index contributed by atoms with van der Waals surface area (Å²) < 4.78 is 1.55. The second-order valence-electron chi connectivity index (χ2n) is 8.19. The van der Waals surface area contributed by atoms with E-state index in [1.807, 2.05) is 29.2 Å². The van der Waals surface area contributed by atoms with Crippen LogP contribution in [0.3, 0.4) is 0 Å². The Kier molecular flexibility index (Phi) is 7.08. The number of aromatic nitrogens is 2. The minimum absolute atomic E-state index is 0.0547. The summed E-state index contributed by atoms with van der Waals surface area (Å²) in [4.78, 5) is 14.8. The van der Waals surface area contributed by atoms with Gasteiger partial charge in [0.15, 0.2) is 12.2 Å². The van der Waals surface area contributed by atoms with Crippen molar-refractivity contribution in [2.24, 2.45) is 13.0 Å². The smallest absolute Gasteiger partial charge is 0.272 e. The Labute approximate surface area is 177 Å². The maximum Gasteiger partial charge on any atom is 0.272 e. The van der Waals surface area contributed by atoms with Crippen LogP contribution in [-0.2, 0) is 7.05 Å². The van der Waals surface area contributed by atoms with Crippen LogP contribution in [-0.4, -0.2) is 51.7 Å². The first-order valence-electron chi connectivity index (χ1n) is 10.4. The van der Waals surface area contributed by atoms with Crippen molar-refractivity contribution in [2.45, 2.75) is 39.0 Å². The second-order valence-corrected chi connectivity index (χ2v) is 8.19. The van der Waals surface area contributed by atoms with E-state index in [0.717, 1.165) is 12.8 Å². The number of amides is 1. The number of nitrogens with one attached hydrogen (secondary N) is 2. The maximum absolute atomic E-state index is 13.0. The van der Waals surface area contributed by atoms with E-state index >= 15 is 0 Å². The third-order valence-electron chi connectivity index (χ3n) is 5.40. The third-order valence-corrected chi connectivity index (χ3v) is 5.40. The van der Waals surface area contributed by atoms with Crippen LogP contribution in [0.4, 0.5) is 5.82 Å². The lowest BCUT2D eigenvalue weighted by Crippen LogP contribution is -2.38. The standard InChI is InChI=1S/C22H30N6O2/c1-15(2)14-24-22(30)25-20-12-19(27(3)26-20)21(29)28-10-8-18(9-11-28)17-6-4-16(13-23)5-7-17/h4-7,12,15,18,22,24,30H,8-11,14H2,1-3H3,(H,25,26). The van der Waals surface area contributed by atoms with Crippen molar-refractivity contribution >= 4 is 11.7 Å². The van der Waals surface area contributed by atoms with Crippen LogP contribution in [0.1, 0.15) is 54.2 Å². The molecule has 160 valence electrons. The van der Waals surface area contributed by atoms with Crippen LogP contribution in [0.25, 0.3) is 0 Å². The highest BCUT2D eigenvalue weighted by Crippen LogP contribution is 2.29. The Hall–Kier alpha value is -2.89. The fourth-order valence-corrected chi connectivity index (χ4v) is 3.68. The molecule has 3 N–H and O–H groups in total. The Morgan fingerprint density at radius 3 is 2.57 bits per heavy atom. The number of likely N-dealkylation sites (tertiary alicyclic amines) is 1. The maximum atomic E-state index is 13.0. The van der Waals surface area contributed by atoms with Gasteiger partial charge < -0.3 is 15.3 Å². The Bertz CT molecular complexity index is 891. The number of nitriles is 1. The van der Waals surface area contributed by atoms with Gasteiger partial charge in [0.05, 0.1) is 11.6 Å². The van der Waals surface area contributed by atoms with Gasteiger partial charge in [-0.2, -0.15) is 10.4 Å². The first kappa shape index (κ1) is 21.8. The fourth-order valence-electron chi connectivity index (χ4n) is 3.68. The molecule has 1 amide bonds. The summed E-state index contributed by atoms with van der Waals surface area (Å²) in [6.45, 7) is 6.14. The van der Waals surface area contributed by atoms with Crippen LogP contribution in [0.15, 0.2) is 30.3 Å². The Morgan fingerprint density at radius 2 is 1.97 bits per heavy atom. The number of aryl methyl sites for hydroxylation is 1. The predicted octanol–water partition coefficient (Wildman–Crippen LogP) is 2.24. The van der Waals surface area contributed by atoms with E-state index in [1.54, 1.807) is 17.8 Å². The van der Waals surface area contributed by atoms with Crippen LogP contribution >= 0.6 is 0 Å². The number of carbonyl (C=O) groups excluding carboxylic acids is 1. The Morgan fingerprint density at radius 1 is 1.30 bits per heavy atom. The van der Waals surface area contributed by atoms with E-state index in [4.69, 9.17) is 5.26 Å². The molecule has 3 rings (SSSR count). The molecular weight excluding hydrogens is 380 g/mol. The van der Waals surface area contributed by atoms with Crippen LogP contribution in [0, 0.1) is 17.2 Å². The van der Waals surface area contributed by atoms with E-state index in [-0.39, 0.29) is 5.91 Å². The largest absolute Gasteiger partial charge is 0.361 e. The molecule has 30 heavy (non-hydrogen) atoms. The lowest BCUT2D eigenvalue weighted by atomic mass is 9.89. The molecule has 1 saturated heterocycles. The van der Waals surface area contributed by atoms with Crippen molar-refractivity contribution in [3.63, 3.8) is 0 Å². The minimum atomic E-state index is -0.923. The van der Waals surface area contributed by atoms with Gasteiger partial charge in [-0.25, -0.2) is 0 Å². The van der Waals surface area contributed by atoms with Gasteiger partial charge in [-0.15, -0.1) is 0 Å². The van der Waals surface area contributed by atoms with Crippen LogP contribution in [0.5, 0.6) is 0 Å². The molecule has 2 aromatic rings. The predicted molar refractivity (Wildman–Crippen MR) is 115 cm³/mol. The molecular formula is C22H30N6O2. The van der Waals surface area contributed by atoms with Crippen molar-refractivity contribution in [2.75, 3.05) is 25.0 Å². The molecule has 1 aliphatic rings. The molecule has 0 radical (unpaired) electrons. The zero-order chi connectivity index (χ0) is 21.7. The molecule has 1 atom stereocenters. The van der Waals surface area contributed by atoms with Gasteiger partial charge in [0.2, 0.25) is 0 Å². The fraction of sp³-hybridized carbons (Fsp3) is 0.500. The topological polar surface area (TPSA) is 106 Å². The number of nitrogens with zero attached hydrogens (tertiary/aromatic N) is 4. The molecule has 0 bridgehead atoms. The molecule has 8 heteroatoms. The van der Waals surface area contributed by atoms with Crippen molar-refractivity contribution < 1.29 is 9.90 Å². The van der Waals surface area contributed by atoms with Crippen LogP contribution in [0.2, 0.25) is 0 Å². The molecule has 1 fully saturated rings. The van der Waals surface area contributed by atoms with E-state index in [9.17, 15) is 9.90 Å². The van der Waals surface area contributed by atoms with Gasteiger partial charge in [-0.05, 0) is 42.4 Å². The number of benzene rings is 1. The molecule has 0 aliphatic carbocycles. The quantitative estimate of drug-likeness (QED) is 0.605. The van der Waals surface area contributed by atoms with E-state index in [2.05, 4.69) is 35.6 Å². The number of aliphatic hydroxyl groups excluding tert-OH is 1. The third kappa shape index (κ3) is 5.38. The number of piperidine rings is 1. The summed E-state index contributed by atoms with van der Waals surface area (Å²) in [5.74, 6) is 1.21. The van der Waals surface area contributed by atoms with Gasteiger partial charge in [0.1, 0.15) is 5.69 Å². The summed E-state index contributed by atoms with van der Waals surface area (Å²) in [5.41, 5.74) is 2.37. The normalized spacial score (nSPS) is 15.8. The van der Waals surface area contributed by atoms with Gasteiger partial charge in [0.25, 0.3) is 5.91 Å². The minimum Gasteiger partial charge on any atom is -0.361 e.